The van der Waals surface area contributed by atoms with E-state index in [1.54, 1.807) is 31.0 Å². The zero-order chi connectivity index (χ0) is 25.9. The number of carbonyl (C=O) groups excluding carboxylic acids is 3. The Labute approximate surface area is 206 Å². The number of halogens is 1. The molecular formula is C25H36FN5O4. The second kappa shape index (κ2) is 10.6. The summed E-state index contributed by atoms with van der Waals surface area (Å²) in [6.45, 7) is 11.7. The maximum Gasteiger partial charge on any atom is 0.338 e. The molecule has 2 N–H and O–H groups in total. The highest BCUT2D eigenvalue weighted by Crippen LogP contribution is 2.32. The molecule has 0 saturated carbocycles. The van der Waals surface area contributed by atoms with Crippen LogP contribution in [0, 0.1) is 5.82 Å². The van der Waals surface area contributed by atoms with Crippen molar-refractivity contribution in [2.75, 3.05) is 39.8 Å². The summed E-state index contributed by atoms with van der Waals surface area (Å²) in [5.74, 6) is -0.933. The topological polar surface area (TPSA) is 94.2 Å². The quantitative estimate of drug-likeness (QED) is 0.621. The molecule has 10 heteroatoms. The minimum atomic E-state index is -0.760. The van der Waals surface area contributed by atoms with Crippen LogP contribution in [0.1, 0.15) is 46.2 Å². The molecule has 2 aliphatic heterocycles. The maximum absolute atomic E-state index is 13.5. The van der Waals surface area contributed by atoms with Crippen molar-refractivity contribution in [2.24, 2.45) is 0 Å². The number of urea groups is 2. The summed E-state index contributed by atoms with van der Waals surface area (Å²) in [7, 11) is 1.61. The molecule has 0 aromatic heterocycles. The predicted octanol–water partition coefficient (Wildman–Crippen LogP) is 2.85. The van der Waals surface area contributed by atoms with E-state index in [1.807, 2.05) is 27.7 Å². The van der Waals surface area contributed by atoms with Gasteiger partial charge in [-0.25, -0.2) is 18.8 Å². The zero-order valence-corrected chi connectivity index (χ0v) is 21.4. The summed E-state index contributed by atoms with van der Waals surface area (Å²) in [5, 5.41) is 5.84. The number of hydrogen-bond acceptors (Lipinski definition) is 5. The monoisotopic (exact) mass is 489 g/mol. The van der Waals surface area contributed by atoms with E-state index in [-0.39, 0.29) is 30.2 Å². The van der Waals surface area contributed by atoms with E-state index in [2.05, 4.69) is 15.5 Å². The van der Waals surface area contributed by atoms with E-state index in [1.165, 1.54) is 17.0 Å². The predicted molar refractivity (Wildman–Crippen MR) is 130 cm³/mol. The highest BCUT2D eigenvalue weighted by molar-refractivity contribution is 5.95. The average Bonchev–Trinajstić information content (AvgIpc) is 2.76. The van der Waals surface area contributed by atoms with Crippen molar-refractivity contribution in [1.29, 1.82) is 0 Å². The molecule has 0 bridgehead atoms. The Balaban J connectivity index is 1.88. The summed E-state index contributed by atoms with van der Waals surface area (Å²) in [6, 6.07) is 4.41. The van der Waals surface area contributed by atoms with Crippen LogP contribution in [0.5, 0.6) is 0 Å². The Morgan fingerprint density at radius 2 is 1.86 bits per heavy atom. The molecule has 0 radical (unpaired) electrons. The van der Waals surface area contributed by atoms with Gasteiger partial charge in [0, 0.05) is 50.5 Å². The molecule has 2 heterocycles. The van der Waals surface area contributed by atoms with Gasteiger partial charge in [0.2, 0.25) is 0 Å². The van der Waals surface area contributed by atoms with Crippen LogP contribution in [0.25, 0.3) is 0 Å². The highest BCUT2D eigenvalue weighted by atomic mass is 19.1. The molecule has 1 aromatic rings. The Hall–Kier alpha value is -3.14. The SMILES string of the molecule is CCOC(=O)C1=C(CN2CCN(C(=O)NC(C)(C)C)[C@@H](C)C2)N(C)C(=O)N[C@H]1c1ccc(F)cc1. The molecule has 0 unspecified atom stereocenters. The molecule has 2 aliphatic rings. The largest absolute Gasteiger partial charge is 0.463 e. The summed E-state index contributed by atoms with van der Waals surface area (Å²) in [5.41, 5.74) is 1.11. The van der Waals surface area contributed by atoms with Gasteiger partial charge in [-0.2, -0.15) is 0 Å². The third-order valence-electron chi connectivity index (χ3n) is 6.10. The molecule has 0 aliphatic carbocycles. The molecule has 35 heavy (non-hydrogen) atoms. The average molecular weight is 490 g/mol. The number of carbonyl (C=O) groups is 3. The smallest absolute Gasteiger partial charge is 0.338 e. The number of nitrogens with zero attached hydrogens (tertiary/aromatic N) is 3. The van der Waals surface area contributed by atoms with Crippen molar-refractivity contribution < 1.29 is 23.5 Å². The Morgan fingerprint density at radius 3 is 2.43 bits per heavy atom. The van der Waals surface area contributed by atoms with Gasteiger partial charge in [0.25, 0.3) is 0 Å². The molecule has 9 nitrogen and oxygen atoms in total. The van der Waals surface area contributed by atoms with Gasteiger partial charge in [0.1, 0.15) is 5.82 Å². The van der Waals surface area contributed by atoms with Crippen LogP contribution >= 0.6 is 0 Å². The van der Waals surface area contributed by atoms with E-state index in [9.17, 15) is 18.8 Å². The standard InChI is InChI=1S/C25H36FN5O4/c1-7-35-22(32)20-19(29(6)23(33)27-21(20)17-8-10-18(26)11-9-17)15-30-12-13-31(16(2)14-30)24(34)28-25(3,4)5/h8-11,16,21H,7,12-15H2,1-6H3,(H,27,33)(H,28,34)/t16-,21-/m0/s1. The summed E-state index contributed by atoms with van der Waals surface area (Å²) >= 11 is 0. The molecule has 1 saturated heterocycles. The van der Waals surface area contributed by atoms with E-state index in [4.69, 9.17) is 4.74 Å². The molecule has 1 fully saturated rings. The number of likely N-dealkylation sites (N-methyl/N-ethyl adjacent to an activating group) is 1. The zero-order valence-electron chi connectivity index (χ0n) is 21.4. The van der Waals surface area contributed by atoms with E-state index >= 15 is 0 Å². The van der Waals surface area contributed by atoms with Crippen LogP contribution in [0.3, 0.4) is 0 Å². The fourth-order valence-corrected chi connectivity index (χ4v) is 4.39. The second-order valence-corrected chi connectivity index (χ2v) is 10.0. The molecular weight excluding hydrogens is 453 g/mol. The number of nitrogens with one attached hydrogen (secondary N) is 2. The number of esters is 1. The number of hydrogen-bond donors (Lipinski definition) is 2. The maximum atomic E-state index is 13.5. The first kappa shape index (κ1) is 26.5. The number of piperazine rings is 1. The van der Waals surface area contributed by atoms with Crippen molar-refractivity contribution in [2.45, 2.75) is 52.2 Å². The van der Waals surface area contributed by atoms with Gasteiger partial charge in [0.05, 0.1) is 18.2 Å². The number of amides is 4. The van der Waals surface area contributed by atoms with Crippen LogP contribution in [0.2, 0.25) is 0 Å². The molecule has 1 aromatic carbocycles. The normalized spacial score (nSPS) is 21.6. The molecule has 2 atom stereocenters. The van der Waals surface area contributed by atoms with Crippen molar-refractivity contribution in [1.82, 2.24) is 25.3 Å². The Morgan fingerprint density at radius 1 is 1.20 bits per heavy atom. The van der Waals surface area contributed by atoms with E-state index < -0.39 is 17.8 Å². The fourth-order valence-electron chi connectivity index (χ4n) is 4.39. The number of benzene rings is 1. The van der Waals surface area contributed by atoms with Gasteiger partial charge in [-0.3, -0.25) is 9.80 Å². The fraction of sp³-hybridized carbons (Fsp3) is 0.560. The van der Waals surface area contributed by atoms with Crippen molar-refractivity contribution >= 4 is 18.0 Å². The summed E-state index contributed by atoms with van der Waals surface area (Å²) < 4.78 is 18.9. The lowest BCUT2D eigenvalue weighted by Gasteiger charge is -2.43. The Kier molecular flexibility index (Phi) is 8.04. The Bertz CT molecular complexity index is 989. The third kappa shape index (κ3) is 6.30. The number of ether oxygens (including phenoxy) is 1. The molecule has 3 rings (SSSR count). The second-order valence-electron chi connectivity index (χ2n) is 10.0. The molecule has 0 spiro atoms. The van der Waals surface area contributed by atoms with Gasteiger partial charge < -0.3 is 20.3 Å². The van der Waals surface area contributed by atoms with Crippen molar-refractivity contribution in [3.8, 4) is 0 Å². The highest BCUT2D eigenvalue weighted by Gasteiger charge is 2.38. The van der Waals surface area contributed by atoms with E-state index in [0.717, 1.165) is 0 Å². The molecule has 4 amide bonds. The molecule has 192 valence electrons. The lowest BCUT2D eigenvalue weighted by atomic mass is 9.94. The third-order valence-corrected chi connectivity index (χ3v) is 6.10. The van der Waals surface area contributed by atoms with Crippen LogP contribution in [-0.4, -0.2) is 84.1 Å². The van der Waals surface area contributed by atoms with Crippen molar-refractivity contribution in [3.05, 3.63) is 46.9 Å². The van der Waals surface area contributed by atoms with E-state index in [0.29, 0.717) is 43.0 Å². The van der Waals surface area contributed by atoms with Gasteiger partial charge in [-0.05, 0) is 52.3 Å². The van der Waals surface area contributed by atoms with Gasteiger partial charge in [-0.1, -0.05) is 12.1 Å². The number of rotatable bonds is 5. The summed E-state index contributed by atoms with van der Waals surface area (Å²) in [4.78, 5) is 44.0. The minimum absolute atomic E-state index is 0.0617. The first-order valence-corrected chi connectivity index (χ1v) is 11.9. The van der Waals surface area contributed by atoms with Crippen LogP contribution < -0.4 is 10.6 Å². The first-order valence-electron chi connectivity index (χ1n) is 11.9. The van der Waals surface area contributed by atoms with Crippen LogP contribution in [-0.2, 0) is 9.53 Å². The lowest BCUT2D eigenvalue weighted by Crippen LogP contribution is -2.59. The van der Waals surface area contributed by atoms with Crippen molar-refractivity contribution in [3.63, 3.8) is 0 Å². The first-order chi connectivity index (χ1) is 16.4. The van der Waals surface area contributed by atoms with Gasteiger partial charge in [-0.15, -0.1) is 0 Å². The summed E-state index contributed by atoms with van der Waals surface area (Å²) in [6.07, 6.45) is 0. The lowest BCUT2D eigenvalue weighted by molar-refractivity contribution is -0.139. The minimum Gasteiger partial charge on any atom is -0.463 e. The van der Waals surface area contributed by atoms with Crippen LogP contribution in [0.4, 0.5) is 14.0 Å². The van der Waals surface area contributed by atoms with Gasteiger partial charge >= 0.3 is 18.0 Å². The van der Waals surface area contributed by atoms with Crippen LogP contribution in [0.15, 0.2) is 35.5 Å². The van der Waals surface area contributed by atoms with Gasteiger partial charge in [0.15, 0.2) is 0 Å².